The summed E-state index contributed by atoms with van der Waals surface area (Å²) in [5.41, 5.74) is -2.75. The molecular formula is C18H22F3N3O3. The highest BCUT2D eigenvalue weighted by molar-refractivity contribution is 5.78. The van der Waals surface area contributed by atoms with E-state index in [2.05, 4.69) is 4.98 Å². The number of ether oxygens (including phenoxy) is 1. The molecule has 0 aliphatic heterocycles. The fourth-order valence-corrected chi connectivity index (χ4v) is 2.85. The van der Waals surface area contributed by atoms with Crippen LogP contribution in [0.5, 0.6) is 5.75 Å². The second-order valence-electron chi connectivity index (χ2n) is 6.32. The highest BCUT2D eigenvalue weighted by Crippen LogP contribution is 2.41. The van der Waals surface area contributed by atoms with E-state index in [-0.39, 0.29) is 0 Å². The summed E-state index contributed by atoms with van der Waals surface area (Å²) in [5, 5.41) is 10.4. The quantitative estimate of drug-likeness (QED) is 0.830. The van der Waals surface area contributed by atoms with Crippen molar-refractivity contribution in [3.8, 4) is 5.75 Å². The molecular weight excluding hydrogens is 363 g/mol. The van der Waals surface area contributed by atoms with E-state index in [4.69, 9.17) is 4.74 Å². The summed E-state index contributed by atoms with van der Waals surface area (Å²) in [6.45, 7) is 1.67. The number of methoxy groups -OCH3 is 1. The first-order valence-electron chi connectivity index (χ1n) is 8.18. The molecule has 2 rings (SSSR count). The third-order valence-corrected chi connectivity index (χ3v) is 4.63. The lowest BCUT2D eigenvalue weighted by atomic mass is 9.96. The Bertz CT molecular complexity index is 806. The number of hydrogen-bond acceptors (Lipinski definition) is 4. The topological polar surface area (TPSA) is 67.6 Å². The number of hydrogen-bond donors (Lipinski definition) is 1. The molecule has 6 nitrogen and oxygen atoms in total. The Balaban J connectivity index is 2.31. The molecule has 148 valence electrons. The van der Waals surface area contributed by atoms with E-state index in [0.29, 0.717) is 11.3 Å². The maximum Gasteiger partial charge on any atom is 0.425 e. The standard InChI is InChI=1S/C18H22F3N3O3/c1-12(13-7-5-6-8-14(13)27-4)24(3)15(25)11-17(26,18(19,20)21)16-22-9-10-23(16)2/h5-10,12,26H,11H2,1-4H3. The molecule has 1 amide bonds. The zero-order valence-electron chi connectivity index (χ0n) is 15.5. The molecule has 0 saturated carbocycles. The van der Waals surface area contributed by atoms with E-state index in [1.807, 2.05) is 0 Å². The molecule has 0 bridgehead atoms. The van der Waals surface area contributed by atoms with Crippen molar-refractivity contribution in [2.45, 2.75) is 31.2 Å². The second kappa shape index (κ2) is 7.59. The van der Waals surface area contributed by atoms with Crippen molar-refractivity contribution in [1.29, 1.82) is 0 Å². The predicted molar refractivity (Wildman–Crippen MR) is 92.0 cm³/mol. The van der Waals surface area contributed by atoms with Crippen molar-refractivity contribution in [2.75, 3.05) is 14.2 Å². The Morgan fingerprint density at radius 2 is 2.00 bits per heavy atom. The third kappa shape index (κ3) is 3.92. The number of rotatable bonds is 6. The third-order valence-electron chi connectivity index (χ3n) is 4.63. The van der Waals surface area contributed by atoms with Gasteiger partial charge in [-0.25, -0.2) is 4.98 Å². The predicted octanol–water partition coefficient (Wildman–Crippen LogP) is 2.79. The number of aliphatic hydroxyl groups is 1. The summed E-state index contributed by atoms with van der Waals surface area (Å²) < 4.78 is 47.2. The number of carbonyl (C=O) groups is 1. The lowest BCUT2D eigenvalue weighted by Crippen LogP contribution is -2.48. The molecule has 1 heterocycles. The van der Waals surface area contributed by atoms with Crippen LogP contribution in [-0.2, 0) is 17.4 Å². The molecule has 1 N–H and O–H groups in total. The number of benzene rings is 1. The number of nitrogens with zero attached hydrogens (tertiary/aromatic N) is 3. The first kappa shape index (κ1) is 20.8. The van der Waals surface area contributed by atoms with E-state index >= 15 is 0 Å². The summed E-state index contributed by atoms with van der Waals surface area (Å²) in [6.07, 6.45) is -3.84. The van der Waals surface area contributed by atoms with Crippen molar-refractivity contribution >= 4 is 5.91 Å². The number of aromatic nitrogens is 2. The molecule has 1 aromatic heterocycles. The fourth-order valence-electron chi connectivity index (χ4n) is 2.85. The van der Waals surface area contributed by atoms with Gasteiger partial charge in [0, 0.05) is 32.1 Å². The van der Waals surface area contributed by atoms with Crippen LogP contribution in [0.25, 0.3) is 0 Å². The number of aryl methyl sites for hydroxylation is 1. The van der Waals surface area contributed by atoms with Crippen LogP contribution in [0.4, 0.5) is 13.2 Å². The SMILES string of the molecule is COc1ccccc1C(C)N(C)C(=O)CC(O)(c1nccn1C)C(F)(F)F. The summed E-state index contributed by atoms with van der Waals surface area (Å²) >= 11 is 0. The lowest BCUT2D eigenvalue weighted by Gasteiger charge is -2.33. The van der Waals surface area contributed by atoms with Gasteiger partial charge >= 0.3 is 6.18 Å². The van der Waals surface area contributed by atoms with Gasteiger partial charge in [-0.3, -0.25) is 4.79 Å². The van der Waals surface area contributed by atoms with Crippen molar-refractivity contribution < 1.29 is 27.8 Å². The molecule has 0 aliphatic carbocycles. The van der Waals surface area contributed by atoms with Crippen LogP contribution in [0.2, 0.25) is 0 Å². The van der Waals surface area contributed by atoms with Crippen LogP contribution >= 0.6 is 0 Å². The second-order valence-corrected chi connectivity index (χ2v) is 6.32. The van der Waals surface area contributed by atoms with Crippen LogP contribution in [0.3, 0.4) is 0 Å². The van der Waals surface area contributed by atoms with E-state index in [0.717, 1.165) is 15.7 Å². The number of amides is 1. The summed E-state index contributed by atoms with van der Waals surface area (Å²) in [4.78, 5) is 17.4. The van der Waals surface area contributed by atoms with E-state index in [9.17, 15) is 23.1 Å². The number of imidazole rings is 1. The van der Waals surface area contributed by atoms with Gasteiger partial charge in [-0.1, -0.05) is 18.2 Å². The molecule has 0 aliphatic rings. The Hall–Kier alpha value is -2.55. The smallest absolute Gasteiger partial charge is 0.425 e. The van der Waals surface area contributed by atoms with Crippen molar-refractivity contribution in [3.63, 3.8) is 0 Å². The molecule has 0 saturated heterocycles. The Labute approximate surface area is 155 Å². The highest BCUT2D eigenvalue weighted by atomic mass is 19.4. The van der Waals surface area contributed by atoms with E-state index in [1.165, 1.54) is 27.4 Å². The number of halogens is 3. The average Bonchev–Trinajstić information content (AvgIpc) is 3.05. The lowest BCUT2D eigenvalue weighted by molar-refractivity contribution is -0.272. The maximum atomic E-state index is 13.6. The van der Waals surface area contributed by atoms with Gasteiger partial charge < -0.3 is 19.3 Å². The molecule has 1 aromatic carbocycles. The van der Waals surface area contributed by atoms with Gasteiger partial charge in [-0.05, 0) is 13.0 Å². The minimum absolute atomic E-state index is 0.514. The monoisotopic (exact) mass is 385 g/mol. The normalized spacial score (nSPS) is 15.1. The van der Waals surface area contributed by atoms with Crippen LogP contribution in [-0.4, -0.2) is 45.8 Å². The van der Waals surface area contributed by atoms with Crippen molar-refractivity contribution in [3.05, 3.63) is 48.0 Å². The zero-order chi connectivity index (χ0) is 20.4. The number of carbonyl (C=O) groups excluding carboxylic acids is 1. The molecule has 0 radical (unpaired) electrons. The number of alkyl halides is 3. The molecule has 0 spiro atoms. The average molecular weight is 385 g/mol. The molecule has 2 atom stereocenters. The van der Waals surface area contributed by atoms with Crippen molar-refractivity contribution in [1.82, 2.24) is 14.5 Å². The Kier molecular flexibility index (Phi) is 5.84. The van der Waals surface area contributed by atoms with Gasteiger partial charge in [0.25, 0.3) is 0 Å². The first-order chi connectivity index (χ1) is 12.5. The molecule has 27 heavy (non-hydrogen) atoms. The van der Waals surface area contributed by atoms with Crippen LogP contribution in [0, 0.1) is 0 Å². The summed E-state index contributed by atoms with van der Waals surface area (Å²) in [5.74, 6) is -1.00. The molecule has 2 aromatic rings. The summed E-state index contributed by atoms with van der Waals surface area (Å²) in [6, 6.07) is 6.35. The van der Waals surface area contributed by atoms with E-state index < -0.39 is 36.0 Å². The first-order valence-corrected chi connectivity index (χ1v) is 8.18. The zero-order valence-corrected chi connectivity index (χ0v) is 15.5. The summed E-state index contributed by atoms with van der Waals surface area (Å²) in [7, 11) is 4.18. The largest absolute Gasteiger partial charge is 0.496 e. The fraction of sp³-hybridized carbons (Fsp3) is 0.444. The molecule has 0 fully saturated rings. The van der Waals surface area contributed by atoms with Gasteiger partial charge in [0.1, 0.15) is 5.75 Å². The van der Waals surface area contributed by atoms with Crippen molar-refractivity contribution in [2.24, 2.45) is 7.05 Å². The van der Waals surface area contributed by atoms with Gasteiger partial charge in [-0.2, -0.15) is 13.2 Å². The molecule has 9 heteroatoms. The van der Waals surface area contributed by atoms with Gasteiger partial charge in [0.2, 0.25) is 11.5 Å². The Morgan fingerprint density at radius 3 is 2.52 bits per heavy atom. The van der Waals surface area contributed by atoms with Gasteiger partial charge in [0.05, 0.1) is 19.6 Å². The van der Waals surface area contributed by atoms with Crippen LogP contribution < -0.4 is 4.74 Å². The van der Waals surface area contributed by atoms with E-state index in [1.54, 1.807) is 31.2 Å². The van der Waals surface area contributed by atoms with Gasteiger partial charge in [-0.15, -0.1) is 0 Å². The highest BCUT2D eigenvalue weighted by Gasteiger charge is 2.59. The number of para-hydroxylation sites is 1. The van der Waals surface area contributed by atoms with Crippen LogP contribution in [0.15, 0.2) is 36.7 Å². The Morgan fingerprint density at radius 1 is 1.37 bits per heavy atom. The maximum absolute atomic E-state index is 13.6. The van der Waals surface area contributed by atoms with Crippen LogP contribution in [0.1, 0.15) is 30.8 Å². The van der Waals surface area contributed by atoms with Gasteiger partial charge in [0.15, 0.2) is 5.82 Å². The molecule has 2 unspecified atom stereocenters. The minimum Gasteiger partial charge on any atom is -0.496 e. The minimum atomic E-state index is -5.07.